The van der Waals surface area contributed by atoms with Crippen molar-refractivity contribution in [1.29, 1.82) is 0 Å². The molecule has 152 valence electrons. The summed E-state index contributed by atoms with van der Waals surface area (Å²) in [4.78, 5) is 30.4. The SMILES string of the molecule is Cc1ccc2snc(C(=O)N3CCN(C(=O)c4cc(-c5cccs5)[nH]n4)CC3)c2c1. The quantitative estimate of drug-likeness (QED) is 0.530. The van der Waals surface area contributed by atoms with E-state index in [2.05, 4.69) is 14.6 Å². The average Bonchev–Trinajstić information content (AvgIpc) is 3.52. The lowest BCUT2D eigenvalue weighted by Gasteiger charge is -2.34. The maximum absolute atomic E-state index is 13.0. The fraction of sp³-hybridized carbons (Fsp3) is 0.238. The first kappa shape index (κ1) is 19.0. The normalized spacial score (nSPS) is 14.4. The van der Waals surface area contributed by atoms with Crippen LogP contribution in [0.15, 0.2) is 41.8 Å². The lowest BCUT2D eigenvalue weighted by Crippen LogP contribution is -2.50. The number of aryl methyl sites for hydroxylation is 1. The summed E-state index contributed by atoms with van der Waals surface area (Å²) in [5.74, 6) is -0.186. The summed E-state index contributed by atoms with van der Waals surface area (Å²) in [6, 6.07) is 11.8. The molecule has 3 aromatic heterocycles. The first-order valence-corrected chi connectivity index (χ1v) is 11.3. The molecule has 5 rings (SSSR count). The Morgan fingerprint density at radius 2 is 1.80 bits per heavy atom. The van der Waals surface area contributed by atoms with Gasteiger partial charge in [0.05, 0.1) is 15.3 Å². The van der Waals surface area contributed by atoms with Gasteiger partial charge in [-0.1, -0.05) is 17.7 Å². The number of rotatable bonds is 3. The number of aromatic nitrogens is 3. The van der Waals surface area contributed by atoms with E-state index in [0.717, 1.165) is 26.2 Å². The number of carbonyl (C=O) groups is 2. The molecule has 1 fully saturated rings. The van der Waals surface area contributed by atoms with Crippen LogP contribution in [0.25, 0.3) is 20.7 Å². The predicted molar refractivity (Wildman–Crippen MR) is 118 cm³/mol. The van der Waals surface area contributed by atoms with E-state index in [9.17, 15) is 9.59 Å². The van der Waals surface area contributed by atoms with Crippen molar-refractivity contribution < 1.29 is 9.59 Å². The summed E-state index contributed by atoms with van der Waals surface area (Å²) in [5.41, 5.74) is 2.85. The highest BCUT2D eigenvalue weighted by Gasteiger charge is 2.28. The number of H-pyrrole nitrogens is 1. The van der Waals surface area contributed by atoms with E-state index in [4.69, 9.17) is 0 Å². The van der Waals surface area contributed by atoms with Gasteiger partial charge in [0.15, 0.2) is 5.69 Å². The summed E-state index contributed by atoms with van der Waals surface area (Å²) in [6.45, 7) is 3.93. The van der Waals surface area contributed by atoms with E-state index in [0.29, 0.717) is 37.6 Å². The van der Waals surface area contributed by atoms with Crippen molar-refractivity contribution in [2.24, 2.45) is 0 Å². The summed E-state index contributed by atoms with van der Waals surface area (Å²) in [7, 11) is 0. The number of piperazine rings is 1. The third kappa shape index (κ3) is 3.40. The highest BCUT2D eigenvalue weighted by atomic mass is 32.1. The van der Waals surface area contributed by atoms with Crippen LogP contribution in [0.1, 0.15) is 26.5 Å². The van der Waals surface area contributed by atoms with Crippen LogP contribution in [-0.2, 0) is 0 Å². The Kier molecular flexibility index (Phi) is 4.84. The van der Waals surface area contributed by atoms with Crippen LogP contribution in [0, 0.1) is 6.92 Å². The lowest BCUT2D eigenvalue weighted by atomic mass is 10.1. The number of amides is 2. The van der Waals surface area contributed by atoms with E-state index in [1.165, 1.54) is 11.5 Å². The van der Waals surface area contributed by atoms with Gasteiger partial charge in [0.25, 0.3) is 11.8 Å². The van der Waals surface area contributed by atoms with Crippen molar-refractivity contribution in [3.8, 4) is 10.6 Å². The van der Waals surface area contributed by atoms with Crippen molar-refractivity contribution in [3.05, 3.63) is 58.7 Å². The predicted octanol–water partition coefficient (Wildman–Crippen LogP) is 3.65. The molecular formula is C21H19N5O2S2. The van der Waals surface area contributed by atoms with Crippen LogP contribution in [-0.4, -0.2) is 62.4 Å². The van der Waals surface area contributed by atoms with Crippen LogP contribution in [0.2, 0.25) is 0 Å². The number of thiophene rings is 1. The fourth-order valence-corrected chi connectivity index (χ4v) is 5.06. The molecule has 0 spiro atoms. The van der Waals surface area contributed by atoms with Gasteiger partial charge in [0, 0.05) is 31.6 Å². The van der Waals surface area contributed by atoms with Gasteiger partial charge in [-0.15, -0.1) is 11.3 Å². The number of benzene rings is 1. The topological polar surface area (TPSA) is 82.2 Å². The molecule has 1 aromatic carbocycles. The van der Waals surface area contributed by atoms with Crippen LogP contribution in [0.5, 0.6) is 0 Å². The molecule has 0 radical (unpaired) electrons. The van der Waals surface area contributed by atoms with Gasteiger partial charge in [-0.2, -0.15) is 9.47 Å². The summed E-state index contributed by atoms with van der Waals surface area (Å²) >= 11 is 2.94. The number of fused-ring (bicyclic) bond motifs is 1. The number of nitrogens with one attached hydrogen (secondary N) is 1. The molecule has 1 N–H and O–H groups in total. The number of aromatic amines is 1. The Balaban J connectivity index is 1.26. The maximum Gasteiger partial charge on any atom is 0.274 e. The second-order valence-corrected chi connectivity index (χ2v) is 9.01. The van der Waals surface area contributed by atoms with Crippen molar-refractivity contribution in [2.75, 3.05) is 26.2 Å². The molecule has 30 heavy (non-hydrogen) atoms. The molecular weight excluding hydrogens is 418 g/mol. The Hall–Kier alpha value is -3.04. The molecule has 0 unspecified atom stereocenters. The van der Waals surface area contributed by atoms with Gasteiger partial charge in [-0.25, -0.2) is 0 Å². The number of carbonyl (C=O) groups excluding carboxylic acids is 2. The van der Waals surface area contributed by atoms with E-state index in [1.54, 1.807) is 27.2 Å². The minimum atomic E-state index is -0.115. The van der Waals surface area contributed by atoms with Gasteiger partial charge in [-0.3, -0.25) is 14.7 Å². The Morgan fingerprint density at radius 1 is 1.03 bits per heavy atom. The molecule has 1 aliphatic rings. The minimum absolute atomic E-state index is 0.0706. The molecule has 0 bridgehead atoms. The molecule has 9 heteroatoms. The zero-order valence-electron chi connectivity index (χ0n) is 16.3. The van der Waals surface area contributed by atoms with Crippen LogP contribution < -0.4 is 0 Å². The molecule has 2 amide bonds. The van der Waals surface area contributed by atoms with Gasteiger partial charge in [0.2, 0.25) is 0 Å². The Bertz CT molecular complexity index is 1220. The fourth-order valence-electron chi connectivity index (χ4n) is 3.62. The van der Waals surface area contributed by atoms with Crippen molar-refractivity contribution in [2.45, 2.75) is 6.92 Å². The standard InChI is InChI=1S/C21H19N5O2S2/c1-13-4-5-17-14(11-13)19(24-30-17)21(28)26-8-6-25(7-9-26)20(27)16-12-15(22-23-16)18-3-2-10-29-18/h2-5,10-12H,6-9H2,1H3,(H,22,23). The first-order chi connectivity index (χ1) is 14.6. The van der Waals surface area contributed by atoms with Crippen LogP contribution in [0.3, 0.4) is 0 Å². The largest absolute Gasteiger partial charge is 0.334 e. The Morgan fingerprint density at radius 3 is 2.53 bits per heavy atom. The van der Waals surface area contributed by atoms with Crippen molar-refractivity contribution >= 4 is 44.8 Å². The smallest absolute Gasteiger partial charge is 0.274 e. The molecule has 1 saturated heterocycles. The number of hydrogen-bond donors (Lipinski definition) is 1. The third-order valence-corrected chi connectivity index (χ3v) is 7.00. The van der Waals surface area contributed by atoms with Gasteiger partial charge >= 0.3 is 0 Å². The number of nitrogens with zero attached hydrogens (tertiary/aromatic N) is 4. The van der Waals surface area contributed by atoms with E-state index in [-0.39, 0.29) is 11.8 Å². The van der Waals surface area contributed by atoms with E-state index >= 15 is 0 Å². The molecule has 4 aromatic rings. The second-order valence-electron chi connectivity index (χ2n) is 7.26. The van der Waals surface area contributed by atoms with Gasteiger partial charge in [-0.05, 0) is 48.1 Å². The average molecular weight is 438 g/mol. The summed E-state index contributed by atoms with van der Waals surface area (Å²) in [6.07, 6.45) is 0. The monoisotopic (exact) mass is 437 g/mol. The van der Waals surface area contributed by atoms with Crippen LogP contribution in [0.4, 0.5) is 0 Å². The molecule has 0 aliphatic carbocycles. The van der Waals surface area contributed by atoms with E-state index in [1.807, 2.05) is 42.6 Å². The third-order valence-electron chi connectivity index (χ3n) is 5.27. The van der Waals surface area contributed by atoms with E-state index < -0.39 is 0 Å². The lowest BCUT2D eigenvalue weighted by molar-refractivity contribution is 0.0531. The van der Waals surface area contributed by atoms with Crippen molar-refractivity contribution in [3.63, 3.8) is 0 Å². The summed E-state index contributed by atoms with van der Waals surface area (Å²) < 4.78 is 5.41. The Labute approximate surface area is 181 Å². The first-order valence-electron chi connectivity index (χ1n) is 9.64. The zero-order valence-corrected chi connectivity index (χ0v) is 17.9. The summed E-state index contributed by atoms with van der Waals surface area (Å²) in [5, 5.41) is 10.0. The molecule has 7 nitrogen and oxygen atoms in total. The second kappa shape index (κ2) is 7.66. The minimum Gasteiger partial charge on any atom is -0.334 e. The molecule has 0 atom stereocenters. The molecule has 4 heterocycles. The highest BCUT2D eigenvalue weighted by Crippen LogP contribution is 2.26. The zero-order chi connectivity index (χ0) is 20.7. The van der Waals surface area contributed by atoms with Crippen molar-refractivity contribution in [1.82, 2.24) is 24.4 Å². The maximum atomic E-state index is 13.0. The number of hydrogen-bond acceptors (Lipinski definition) is 6. The van der Waals surface area contributed by atoms with Crippen LogP contribution >= 0.6 is 22.9 Å². The van der Waals surface area contributed by atoms with Gasteiger partial charge < -0.3 is 9.80 Å². The van der Waals surface area contributed by atoms with Gasteiger partial charge in [0.1, 0.15) is 5.69 Å². The molecule has 0 saturated carbocycles. The molecule has 1 aliphatic heterocycles. The highest BCUT2D eigenvalue weighted by molar-refractivity contribution is 7.13.